The Hall–Kier alpha value is -1.69. The Balaban J connectivity index is 1.43. The molecule has 25 heavy (non-hydrogen) atoms. The van der Waals surface area contributed by atoms with Gasteiger partial charge in [0, 0.05) is 44.3 Å². The predicted molar refractivity (Wildman–Crippen MR) is 102 cm³/mol. The molecule has 0 unspecified atom stereocenters. The second-order valence-electron chi connectivity index (χ2n) is 5.36. The summed E-state index contributed by atoms with van der Waals surface area (Å²) in [6.45, 7) is 3.76. The molecule has 2 aromatic rings. The molecule has 3 N–H and O–H groups in total. The number of hydrogen-bond donors (Lipinski definition) is 2. The molecule has 1 saturated heterocycles. The standard InChI is InChI=1S/C14H20N6O2S3/c15-13(16-3-4-18-25(21,22)12-2-1-10-23-12)19-6-8-20(9-7-19)14-17-5-11-24-14/h1-2,5,10-11,18H,3-4,6-9H2,(H2,15,16). The van der Waals surface area contributed by atoms with E-state index in [1.54, 1.807) is 35.0 Å². The van der Waals surface area contributed by atoms with Crippen LogP contribution in [0.5, 0.6) is 0 Å². The molecule has 1 fully saturated rings. The zero-order valence-corrected chi connectivity index (χ0v) is 16.0. The van der Waals surface area contributed by atoms with Crippen molar-refractivity contribution in [2.75, 3.05) is 44.2 Å². The summed E-state index contributed by atoms with van der Waals surface area (Å²) in [7, 11) is -3.44. The minimum atomic E-state index is -3.44. The van der Waals surface area contributed by atoms with Crippen molar-refractivity contribution in [3.8, 4) is 0 Å². The molecule has 3 rings (SSSR count). The summed E-state index contributed by atoms with van der Waals surface area (Å²) in [4.78, 5) is 12.8. The second-order valence-corrected chi connectivity index (χ2v) is 9.17. The molecule has 2 aromatic heterocycles. The number of thiazole rings is 1. The summed E-state index contributed by atoms with van der Waals surface area (Å²) in [5, 5.41) is 4.73. The zero-order chi connectivity index (χ0) is 17.7. The highest BCUT2D eigenvalue weighted by molar-refractivity contribution is 7.91. The lowest BCUT2D eigenvalue weighted by atomic mass is 10.3. The van der Waals surface area contributed by atoms with Gasteiger partial charge in [0.25, 0.3) is 0 Å². The van der Waals surface area contributed by atoms with Gasteiger partial charge in [0.1, 0.15) is 4.21 Å². The van der Waals surface area contributed by atoms with Gasteiger partial charge in [-0.25, -0.2) is 18.1 Å². The minimum absolute atomic E-state index is 0.222. The Bertz CT molecular complexity index is 781. The molecule has 0 radical (unpaired) electrons. The first-order chi connectivity index (χ1) is 12.1. The summed E-state index contributed by atoms with van der Waals surface area (Å²) in [5.41, 5.74) is 6.03. The lowest BCUT2D eigenvalue weighted by Crippen LogP contribution is -2.51. The first-order valence-electron chi connectivity index (χ1n) is 7.79. The number of guanidine groups is 1. The fourth-order valence-electron chi connectivity index (χ4n) is 2.44. The van der Waals surface area contributed by atoms with E-state index in [0.717, 1.165) is 31.3 Å². The van der Waals surface area contributed by atoms with Crippen LogP contribution in [-0.4, -0.2) is 63.5 Å². The van der Waals surface area contributed by atoms with Gasteiger partial charge in [0.2, 0.25) is 10.0 Å². The monoisotopic (exact) mass is 400 g/mol. The van der Waals surface area contributed by atoms with Crippen LogP contribution in [0.4, 0.5) is 5.13 Å². The third-order valence-electron chi connectivity index (χ3n) is 3.73. The van der Waals surface area contributed by atoms with Crippen LogP contribution in [0.1, 0.15) is 0 Å². The van der Waals surface area contributed by atoms with Gasteiger partial charge in [-0.2, -0.15) is 0 Å². The number of aromatic nitrogens is 1. The maximum Gasteiger partial charge on any atom is 0.250 e. The number of sulfonamides is 1. The minimum Gasteiger partial charge on any atom is -0.370 e. The first kappa shape index (κ1) is 18.1. The van der Waals surface area contributed by atoms with Gasteiger partial charge in [-0.15, -0.1) is 22.7 Å². The Morgan fingerprint density at radius 1 is 1.28 bits per heavy atom. The lowest BCUT2D eigenvalue weighted by Gasteiger charge is -2.35. The largest absolute Gasteiger partial charge is 0.370 e. The summed E-state index contributed by atoms with van der Waals surface area (Å²) < 4.78 is 26.8. The van der Waals surface area contributed by atoms with E-state index in [4.69, 9.17) is 5.73 Å². The van der Waals surface area contributed by atoms with Crippen molar-refractivity contribution in [2.24, 2.45) is 10.7 Å². The normalized spacial score (nSPS) is 16.4. The number of rotatable bonds is 6. The molecular weight excluding hydrogens is 380 g/mol. The van der Waals surface area contributed by atoms with E-state index in [1.165, 1.54) is 11.3 Å². The van der Waals surface area contributed by atoms with E-state index in [1.807, 2.05) is 10.3 Å². The molecule has 0 aromatic carbocycles. The molecule has 1 aliphatic rings. The van der Waals surface area contributed by atoms with Crippen molar-refractivity contribution in [3.05, 3.63) is 29.1 Å². The van der Waals surface area contributed by atoms with E-state index in [0.29, 0.717) is 16.7 Å². The van der Waals surface area contributed by atoms with E-state index in [2.05, 4.69) is 19.6 Å². The number of nitrogens with one attached hydrogen (secondary N) is 1. The van der Waals surface area contributed by atoms with Crippen LogP contribution in [0.15, 0.2) is 38.3 Å². The van der Waals surface area contributed by atoms with Crippen LogP contribution in [-0.2, 0) is 10.0 Å². The Labute approximate surface area is 155 Å². The van der Waals surface area contributed by atoms with Crippen LogP contribution in [0.25, 0.3) is 0 Å². The number of nitrogens with two attached hydrogens (primary N) is 1. The predicted octanol–water partition coefficient (Wildman–Crippen LogP) is 0.620. The van der Waals surface area contributed by atoms with Gasteiger partial charge in [-0.1, -0.05) is 6.07 Å². The average molecular weight is 401 g/mol. The molecule has 0 spiro atoms. The lowest BCUT2D eigenvalue weighted by molar-refractivity contribution is 0.380. The maximum atomic E-state index is 12.0. The number of nitrogens with zero attached hydrogens (tertiary/aromatic N) is 4. The third kappa shape index (κ3) is 4.69. The first-order valence-corrected chi connectivity index (χ1v) is 11.0. The van der Waals surface area contributed by atoms with Crippen molar-refractivity contribution in [1.29, 1.82) is 0 Å². The third-order valence-corrected chi connectivity index (χ3v) is 7.42. The highest BCUT2D eigenvalue weighted by Gasteiger charge is 2.20. The van der Waals surface area contributed by atoms with Gasteiger partial charge in [0.15, 0.2) is 11.1 Å². The van der Waals surface area contributed by atoms with Crippen molar-refractivity contribution >= 4 is 43.8 Å². The van der Waals surface area contributed by atoms with E-state index < -0.39 is 10.0 Å². The molecule has 0 amide bonds. The Morgan fingerprint density at radius 3 is 2.72 bits per heavy atom. The maximum absolute atomic E-state index is 12.0. The zero-order valence-electron chi connectivity index (χ0n) is 13.5. The second kappa shape index (κ2) is 8.13. The van der Waals surface area contributed by atoms with Crippen molar-refractivity contribution in [1.82, 2.24) is 14.6 Å². The van der Waals surface area contributed by atoms with Crippen LogP contribution < -0.4 is 15.4 Å². The van der Waals surface area contributed by atoms with Crippen molar-refractivity contribution < 1.29 is 8.42 Å². The molecule has 0 saturated carbocycles. The quantitative estimate of drug-likeness (QED) is 0.419. The molecule has 8 nitrogen and oxygen atoms in total. The van der Waals surface area contributed by atoms with Gasteiger partial charge in [0.05, 0.1) is 6.54 Å². The van der Waals surface area contributed by atoms with E-state index in [9.17, 15) is 8.42 Å². The molecule has 136 valence electrons. The van der Waals surface area contributed by atoms with E-state index >= 15 is 0 Å². The molecule has 0 atom stereocenters. The summed E-state index contributed by atoms with van der Waals surface area (Å²) in [5.74, 6) is 0.453. The van der Waals surface area contributed by atoms with Crippen LogP contribution in [0.2, 0.25) is 0 Å². The smallest absolute Gasteiger partial charge is 0.250 e. The van der Waals surface area contributed by atoms with Crippen molar-refractivity contribution in [3.63, 3.8) is 0 Å². The van der Waals surface area contributed by atoms with Crippen molar-refractivity contribution in [2.45, 2.75) is 4.21 Å². The molecule has 11 heteroatoms. The molecule has 3 heterocycles. The number of hydrogen-bond acceptors (Lipinski definition) is 7. The molecule has 1 aliphatic heterocycles. The molecule has 0 aliphatic carbocycles. The highest BCUT2D eigenvalue weighted by Crippen LogP contribution is 2.18. The van der Waals surface area contributed by atoms with Gasteiger partial charge in [-0.3, -0.25) is 4.99 Å². The molecule has 0 bridgehead atoms. The topological polar surface area (TPSA) is 104 Å². The van der Waals surface area contributed by atoms with Crippen LogP contribution in [0.3, 0.4) is 0 Å². The fraction of sp³-hybridized carbons (Fsp3) is 0.429. The Kier molecular flexibility index (Phi) is 5.89. The fourth-order valence-corrected chi connectivity index (χ4v) is 5.19. The number of aliphatic imine (C=N–C) groups is 1. The van der Waals surface area contributed by atoms with Crippen LogP contribution in [0, 0.1) is 0 Å². The van der Waals surface area contributed by atoms with Gasteiger partial charge in [-0.05, 0) is 11.4 Å². The van der Waals surface area contributed by atoms with Crippen LogP contribution >= 0.6 is 22.7 Å². The van der Waals surface area contributed by atoms with Gasteiger partial charge >= 0.3 is 0 Å². The van der Waals surface area contributed by atoms with Gasteiger partial charge < -0.3 is 15.5 Å². The summed E-state index contributed by atoms with van der Waals surface area (Å²) >= 11 is 2.82. The number of thiophene rings is 1. The van der Waals surface area contributed by atoms with E-state index in [-0.39, 0.29) is 6.54 Å². The average Bonchev–Trinajstić information content (AvgIpc) is 3.32. The molecular formula is C14H20N6O2S3. The Morgan fingerprint density at radius 2 is 2.08 bits per heavy atom. The number of piperazine rings is 1. The summed E-state index contributed by atoms with van der Waals surface area (Å²) in [6, 6.07) is 3.29. The number of anilines is 1. The summed E-state index contributed by atoms with van der Waals surface area (Å²) in [6.07, 6.45) is 1.80. The SMILES string of the molecule is NC(=NCCNS(=O)(=O)c1cccs1)N1CCN(c2nccs2)CC1. The highest BCUT2D eigenvalue weighted by atomic mass is 32.2.